The number of aromatic nitrogens is 2. The van der Waals surface area contributed by atoms with Crippen LogP contribution in [-0.2, 0) is 16.7 Å². The molecule has 1 aromatic heterocycles. The largest absolute Gasteiger partial charge is 0.573 e. The Balaban J connectivity index is 0.000000349. The van der Waals surface area contributed by atoms with E-state index in [1.807, 2.05) is 38.1 Å². The molecule has 3 heterocycles. The zero-order valence-electron chi connectivity index (χ0n) is 25.8. The van der Waals surface area contributed by atoms with Crippen LogP contribution in [0.4, 0.5) is 24.7 Å². The molecule has 2 aliphatic heterocycles. The summed E-state index contributed by atoms with van der Waals surface area (Å²) in [5, 5.41) is 10.9. The Labute approximate surface area is 274 Å². The molecule has 256 valence electrons. The molecule has 13 nitrogen and oxygen atoms in total. The molecule has 2 aliphatic rings. The third kappa shape index (κ3) is 9.14. The molecule has 0 unspecified atom stereocenters. The summed E-state index contributed by atoms with van der Waals surface area (Å²) >= 11 is 0. The smallest absolute Gasteiger partial charge is 0.457 e. The maximum atomic E-state index is 12.3. The van der Waals surface area contributed by atoms with E-state index < -0.39 is 27.0 Å². The maximum absolute atomic E-state index is 12.3. The molecule has 4 aromatic rings. The number of ether oxygens (including phenoxy) is 3. The Morgan fingerprint density at radius 1 is 0.958 bits per heavy atom. The number of alkyl halides is 3. The molecule has 1 N–H and O–H groups in total. The number of anilines is 1. The second-order valence-electron chi connectivity index (χ2n) is 11.5. The highest BCUT2D eigenvalue weighted by Gasteiger charge is 2.41. The standard InChI is InChI=1S/C24H24F3N5O5.C7H8O3S/c1-23(16-31-14-21(32(33)34)28-22(31)37-23)15-29-10-12-30(13-11-29)17-2-4-18(5-3-17)35-19-6-8-20(9-7-19)36-24(25,26)27;1-6-2-4-7(5-3-6)11(8,9)10/h2-9,14H,10-13,15-16H2,1H3;2-5H,1H3,(H,8,9,10)/t23-;/m0./s1. The van der Waals surface area contributed by atoms with E-state index in [2.05, 4.69) is 19.5 Å². The number of imidazole rings is 1. The fourth-order valence-corrected chi connectivity index (χ4v) is 5.76. The van der Waals surface area contributed by atoms with Gasteiger partial charge < -0.3 is 29.2 Å². The molecule has 17 heteroatoms. The van der Waals surface area contributed by atoms with Crippen molar-refractivity contribution in [3.63, 3.8) is 0 Å². The van der Waals surface area contributed by atoms with Gasteiger partial charge in [0, 0.05) is 43.4 Å². The van der Waals surface area contributed by atoms with E-state index >= 15 is 0 Å². The summed E-state index contributed by atoms with van der Waals surface area (Å²) < 4.78 is 83.7. The van der Waals surface area contributed by atoms with Crippen LogP contribution in [-0.4, -0.2) is 77.0 Å². The van der Waals surface area contributed by atoms with Gasteiger partial charge in [-0.3, -0.25) is 14.0 Å². The number of hydrogen-bond acceptors (Lipinski definition) is 10. The van der Waals surface area contributed by atoms with E-state index in [1.165, 1.54) is 42.6 Å². The van der Waals surface area contributed by atoms with E-state index in [0.717, 1.165) is 37.4 Å². The Kier molecular flexibility index (Phi) is 9.84. The van der Waals surface area contributed by atoms with Gasteiger partial charge in [-0.15, -0.1) is 13.2 Å². The van der Waals surface area contributed by atoms with Crippen molar-refractivity contribution in [1.29, 1.82) is 0 Å². The van der Waals surface area contributed by atoms with E-state index in [0.29, 0.717) is 24.6 Å². The van der Waals surface area contributed by atoms with Gasteiger partial charge in [-0.05, 0) is 79.4 Å². The molecule has 1 saturated heterocycles. The lowest BCUT2D eigenvalue weighted by Crippen LogP contribution is -2.52. The molecule has 0 spiro atoms. The number of benzene rings is 3. The van der Waals surface area contributed by atoms with E-state index in [-0.39, 0.29) is 22.5 Å². The summed E-state index contributed by atoms with van der Waals surface area (Å²) in [7, 11) is -4.02. The van der Waals surface area contributed by atoms with E-state index in [9.17, 15) is 31.7 Å². The number of nitrogens with zero attached hydrogens (tertiary/aromatic N) is 5. The predicted octanol–water partition coefficient (Wildman–Crippen LogP) is 5.70. The van der Waals surface area contributed by atoms with Crippen molar-refractivity contribution >= 4 is 21.6 Å². The molecule has 0 radical (unpaired) electrons. The molecule has 1 fully saturated rings. The summed E-state index contributed by atoms with van der Waals surface area (Å²) in [6.45, 7) is 8.28. The highest BCUT2D eigenvalue weighted by Crippen LogP contribution is 2.32. The third-order valence-electron chi connectivity index (χ3n) is 7.50. The van der Waals surface area contributed by atoms with Crippen LogP contribution in [0, 0.1) is 17.0 Å². The van der Waals surface area contributed by atoms with Gasteiger partial charge in [0.15, 0.2) is 0 Å². The molecule has 0 bridgehead atoms. The quantitative estimate of drug-likeness (QED) is 0.138. The van der Waals surface area contributed by atoms with Gasteiger partial charge in [0.1, 0.15) is 29.0 Å². The summed E-state index contributed by atoms with van der Waals surface area (Å²) in [6, 6.07) is 19.0. The average Bonchev–Trinajstić information content (AvgIpc) is 3.54. The molecule has 48 heavy (non-hydrogen) atoms. The van der Waals surface area contributed by atoms with Crippen molar-refractivity contribution in [2.75, 3.05) is 37.6 Å². The lowest BCUT2D eigenvalue weighted by molar-refractivity contribution is -0.389. The van der Waals surface area contributed by atoms with Crippen molar-refractivity contribution < 1.29 is 45.3 Å². The number of halogens is 3. The number of hydrogen-bond donors (Lipinski definition) is 1. The van der Waals surface area contributed by atoms with Gasteiger partial charge in [-0.25, -0.2) is 0 Å². The normalized spacial score (nSPS) is 17.9. The average molecular weight is 692 g/mol. The van der Waals surface area contributed by atoms with Gasteiger partial charge in [0.05, 0.1) is 11.4 Å². The Morgan fingerprint density at radius 2 is 1.52 bits per heavy atom. The molecular formula is C31H32F3N5O8S. The van der Waals surface area contributed by atoms with Crippen LogP contribution in [0.5, 0.6) is 23.3 Å². The molecule has 0 saturated carbocycles. The first-order valence-electron chi connectivity index (χ1n) is 14.6. The molecular weight excluding hydrogens is 659 g/mol. The number of aryl methyl sites for hydroxylation is 1. The van der Waals surface area contributed by atoms with Crippen LogP contribution in [0.2, 0.25) is 0 Å². The number of nitro groups is 1. The minimum Gasteiger partial charge on any atom is -0.457 e. The lowest BCUT2D eigenvalue weighted by Gasteiger charge is -2.39. The lowest BCUT2D eigenvalue weighted by atomic mass is 10.1. The second kappa shape index (κ2) is 13.7. The SMILES string of the molecule is C[C@]1(CN2CCN(c3ccc(Oc4ccc(OC(F)(F)F)cc4)cc3)CC2)Cn2cc([N+](=O)[O-])nc2O1.Cc1ccc(S(=O)(=O)O)cc1. The van der Waals surface area contributed by atoms with Gasteiger partial charge in [0.2, 0.25) is 0 Å². The summed E-state index contributed by atoms with van der Waals surface area (Å²) in [5.74, 6) is 0.444. The Hall–Kier alpha value is -4.87. The van der Waals surface area contributed by atoms with Crippen molar-refractivity contribution in [3.8, 4) is 23.3 Å². The van der Waals surface area contributed by atoms with Crippen LogP contribution in [0.1, 0.15) is 12.5 Å². The van der Waals surface area contributed by atoms with Crippen molar-refractivity contribution in [2.45, 2.75) is 37.3 Å². The Bertz CT molecular complexity index is 1800. The van der Waals surface area contributed by atoms with E-state index in [4.69, 9.17) is 14.0 Å². The zero-order chi connectivity index (χ0) is 34.7. The third-order valence-corrected chi connectivity index (χ3v) is 8.37. The van der Waals surface area contributed by atoms with Crippen LogP contribution >= 0.6 is 0 Å². The summed E-state index contributed by atoms with van der Waals surface area (Å²) in [5.41, 5.74) is 1.49. The highest BCUT2D eigenvalue weighted by molar-refractivity contribution is 7.85. The minimum atomic E-state index is -4.73. The fraction of sp³-hybridized carbons (Fsp3) is 0.323. The van der Waals surface area contributed by atoms with Crippen molar-refractivity contribution in [2.24, 2.45) is 0 Å². The van der Waals surface area contributed by atoms with E-state index in [1.54, 1.807) is 16.7 Å². The van der Waals surface area contributed by atoms with Crippen LogP contribution in [0.15, 0.2) is 83.9 Å². The maximum Gasteiger partial charge on any atom is 0.573 e. The molecule has 0 amide bonds. The molecule has 1 atom stereocenters. The van der Waals surface area contributed by atoms with Crippen LogP contribution in [0.25, 0.3) is 0 Å². The number of rotatable bonds is 8. The first kappa shape index (κ1) is 34.5. The zero-order valence-corrected chi connectivity index (χ0v) is 26.6. The molecule has 3 aromatic carbocycles. The fourth-order valence-electron chi connectivity index (χ4n) is 5.28. The van der Waals surface area contributed by atoms with Crippen molar-refractivity contribution in [3.05, 3.63) is 94.7 Å². The van der Waals surface area contributed by atoms with Gasteiger partial charge >= 0.3 is 18.2 Å². The van der Waals surface area contributed by atoms with Gasteiger partial charge in [-0.2, -0.15) is 8.42 Å². The van der Waals surface area contributed by atoms with Gasteiger partial charge in [-0.1, -0.05) is 17.7 Å². The van der Waals surface area contributed by atoms with Crippen LogP contribution < -0.4 is 19.1 Å². The van der Waals surface area contributed by atoms with Gasteiger partial charge in [0.25, 0.3) is 10.1 Å². The topological polar surface area (TPSA) is 150 Å². The molecule has 0 aliphatic carbocycles. The number of fused-ring (bicyclic) bond motifs is 1. The van der Waals surface area contributed by atoms with Crippen LogP contribution in [0.3, 0.4) is 0 Å². The summed E-state index contributed by atoms with van der Waals surface area (Å²) in [4.78, 5) is 18.8. The Morgan fingerprint density at radius 3 is 2.04 bits per heavy atom. The minimum absolute atomic E-state index is 0.0666. The first-order chi connectivity index (χ1) is 22.5. The first-order valence-corrected chi connectivity index (χ1v) is 16.1. The summed E-state index contributed by atoms with van der Waals surface area (Å²) in [6.07, 6.45) is -3.33. The monoisotopic (exact) mass is 691 g/mol. The predicted molar refractivity (Wildman–Crippen MR) is 167 cm³/mol. The van der Waals surface area contributed by atoms with Crippen molar-refractivity contribution in [1.82, 2.24) is 14.5 Å². The highest BCUT2D eigenvalue weighted by atomic mass is 32.2. The molecule has 6 rings (SSSR count). The number of piperazine rings is 1. The second-order valence-corrected chi connectivity index (χ2v) is 12.9.